The van der Waals surface area contributed by atoms with Crippen molar-refractivity contribution in [2.75, 3.05) is 6.61 Å². The van der Waals surface area contributed by atoms with Crippen LogP contribution < -0.4 is 20.7 Å². The maximum absolute atomic E-state index is 11.4. The van der Waals surface area contributed by atoms with E-state index in [0.29, 0.717) is 11.5 Å². The number of amides is 1. The molecular weight excluding hydrogens is 232 g/mol. The molecule has 0 aliphatic carbocycles. The first-order valence-corrected chi connectivity index (χ1v) is 5.60. The number of benzene rings is 2. The summed E-state index contributed by atoms with van der Waals surface area (Å²) in [5, 5.41) is 2.11. The van der Waals surface area contributed by atoms with Crippen LogP contribution in [0.15, 0.2) is 36.4 Å². The molecule has 0 bridgehead atoms. The number of carbonyl (C=O) groups is 1. The van der Waals surface area contributed by atoms with Crippen molar-refractivity contribution in [3.8, 4) is 11.5 Å². The number of fused-ring (bicyclic) bond motifs is 2. The van der Waals surface area contributed by atoms with Crippen molar-refractivity contribution in [1.29, 1.82) is 0 Å². The summed E-state index contributed by atoms with van der Waals surface area (Å²) in [7, 11) is 0. The fraction of sp³-hybridized carbons (Fsp3) is 0.154. The Kier molecular flexibility index (Phi) is 2.53. The lowest BCUT2D eigenvalue weighted by molar-refractivity contribution is -0.130. The van der Waals surface area contributed by atoms with Gasteiger partial charge in [0.2, 0.25) is 6.10 Å². The Morgan fingerprint density at radius 2 is 1.89 bits per heavy atom. The van der Waals surface area contributed by atoms with Crippen LogP contribution in [-0.2, 0) is 4.79 Å². The molecule has 1 amide bonds. The number of nitrogens with two attached hydrogens (primary N) is 1. The van der Waals surface area contributed by atoms with E-state index in [1.54, 1.807) is 0 Å². The molecule has 2 aromatic rings. The molecule has 1 heterocycles. The normalized spacial score (nSPS) is 17.5. The average Bonchev–Trinajstić information content (AvgIpc) is 2.43. The molecule has 3 N–H and O–H groups in total. The van der Waals surface area contributed by atoms with Crippen molar-refractivity contribution >= 4 is 16.7 Å². The number of hydrazine groups is 1. The van der Waals surface area contributed by atoms with Gasteiger partial charge in [0, 0.05) is 0 Å². The van der Waals surface area contributed by atoms with Crippen molar-refractivity contribution in [3.05, 3.63) is 36.4 Å². The van der Waals surface area contributed by atoms with Gasteiger partial charge in [-0.1, -0.05) is 24.3 Å². The Morgan fingerprint density at radius 3 is 2.56 bits per heavy atom. The summed E-state index contributed by atoms with van der Waals surface area (Å²) in [5.41, 5.74) is 2.06. The van der Waals surface area contributed by atoms with Gasteiger partial charge in [0.25, 0.3) is 5.91 Å². The second-order valence-corrected chi connectivity index (χ2v) is 4.07. The Balaban J connectivity index is 2.00. The molecule has 92 valence electrons. The first-order valence-electron chi connectivity index (χ1n) is 5.60. The fourth-order valence-corrected chi connectivity index (χ4v) is 1.98. The Bertz CT molecular complexity index is 612. The molecule has 0 fully saturated rings. The number of rotatable bonds is 1. The average molecular weight is 244 g/mol. The van der Waals surface area contributed by atoms with Gasteiger partial charge in [-0.05, 0) is 22.9 Å². The summed E-state index contributed by atoms with van der Waals surface area (Å²) in [4.78, 5) is 11.4. The third kappa shape index (κ3) is 1.74. The highest BCUT2D eigenvalue weighted by Crippen LogP contribution is 2.35. The maximum Gasteiger partial charge on any atom is 0.278 e. The van der Waals surface area contributed by atoms with Crippen LogP contribution in [0, 0.1) is 0 Å². The van der Waals surface area contributed by atoms with Crippen molar-refractivity contribution < 1.29 is 14.3 Å². The van der Waals surface area contributed by atoms with E-state index in [2.05, 4.69) is 5.43 Å². The summed E-state index contributed by atoms with van der Waals surface area (Å²) < 4.78 is 11.1. The van der Waals surface area contributed by atoms with Crippen molar-refractivity contribution in [2.45, 2.75) is 6.10 Å². The zero-order chi connectivity index (χ0) is 12.5. The SMILES string of the molecule is NNC(=O)[C@H]1COc2cc3ccccc3cc2O1. The Labute approximate surface area is 103 Å². The van der Waals surface area contributed by atoms with E-state index in [9.17, 15) is 4.79 Å². The highest BCUT2D eigenvalue weighted by Gasteiger charge is 2.27. The molecule has 0 aromatic heterocycles. The minimum Gasteiger partial charge on any atom is -0.485 e. The number of carbonyl (C=O) groups excluding carboxylic acids is 1. The molecule has 0 spiro atoms. The minimum absolute atomic E-state index is 0.161. The zero-order valence-electron chi connectivity index (χ0n) is 9.55. The summed E-state index contributed by atoms with van der Waals surface area (Å²) in [5.74, 6) is 5.90. The molecule has 5 heteroatoms. The standard InChI is InChI=1S/C13H12N2O3/c14-15-13(16)12-7-17-10-5-8-3-1-2-4-9(8)6-11(10)18-12/h1-6,12H,7,14H2,(H,15,16)/t12-/m1/s1. The molecule has 3 rings (SSSR count). The number of hydrogen-bond acceptors (Lipinski definition) is 4. The number of ether oxygens (including phenoxy) is 2. The summed E-state index contributed by atoms with van der Waals surface area (Å²) in [6.07, 6.45) is -0.705. The number of hydrogen-bond donors (Lipinski definition) is 2. The summed E-state index contributed by atoms with van der Waals surface area (Å²) in [6.45, 7) is 0.161. The van der Waals surface area contributed by atoms with Gasteiger partial charge in [-0.2, -0.15) is 0 Å². The van der Waals surface area contributed by atoms with Gasteiger partial charge in [-0.15, -0.1) is 0 Å². The molecule has 1 atom stereocenters. The van der Waals surface area contributed by atoms with E-state index in [0.717, 1.165) is 10.8 Å². The molecule has 1 aliphatic rings. The van der Waals surface area contributed by atoms with Gasteiger partial charge < -0.3 is 9.47 Å². The smallest absolute Gasteiger partial charge is 0.278 e. The van der Waals surface area contributed by atoms with Crippen LogP contribution in [-0.4, -0.2) is 18.6 Å². The lowest BCUT2D eigenvalue weighted by Gasteiger charge is -2.25. The molecule has 0 saturated carbocycles. The van der Waals surface area contributed by atoms with E-state index in [1.165, 1.54) is 0 Å². The molecule has 1 aliphatic heterocycles. The predicted molar refractivity (Wildman–Crippen MR) is 66.2 cm³/mol. The third-order valence-corrected chi connectivity index (χ3v) is 2.91. The molecular formula is C13H12N2O3. The van der Waals surface area contributed by atoms with Gasteiger partial charge in [-0.3, -0.25) is 10.2 Å². The Hall–Kier alpha value is -2.27. The lowest BCUT2D eigenvalue weighted by atomic mass is 10.1. The molecule has 18 heavy (non-hydrogen) atoms. The zero-order valence-corrected chi connectivity index (χ0v) is 9.55. The van der Waals surface area contributed by atoms with Crippen LogP contribution in [0.1, 0.15) is 0 Å². The topological polar surface area (TPSA) is 73.6 Å². The summed E-state index contributed by atoms with van der Waals surface area (Å²) in [6, 6.07) is 11.6. The molecule has 2 aromatic carbocycles. The van der Waals surface area contributed by atoms with Crippen molar-refractivity contribution in [3.63, 3.8) is 0 Å². The van der Waals surface area contributed by atoms with Gasteiger partial charge in [0.1, 0.15) is 6.61 Å². The largest absolute Gasteiger partial charge is 0.485 e. The fourth-order valence-electron chi connectivity index (χ4n) is 1.98. The molecule has 0 radical (unpaired) electrons. The predicted octanol–water partition coefficient (Wildman–Crippen LogP) is 0.970. The minimum atomic E-state index is -0.705. The first-order chi connectivity index (χ1) is 8.78. The maximum atomic E-state index is 11.4. The number of nitrogens with one attached hydrogen (secondary N) is 1. The van der Waals surface area contributed by atoms with Crippen molar-refractivity contribution in [1.82, 2.24) is 5.43 Å². The molecule has 0 unspecified atom stereocenters. The second-order valence-electron chi connectivity index (χ2n) is 4.07. The van der Waals surface area contributed by atoms with Crippen LogP contribution in [0.4, 0.5) is 0 Å². The van der Waals surface area contributed by atoms with Gasteiger partial charge in [-0.25, -0.2) is 5.84 Å². The van der Waals surface area contributed by atoms with Crippen molar-refractivity contribution in [2.24, 2.45) is 5.84 Å². The van der Waals surface area contributed by atoms with E-state index < -0.39 is 12.0 Å². The van der Waals surface area contributed by atoms with E-state index in [1.807, 2.05) is 36.4 Å². The quantitative estimate of drug-likeness (QED) is 0.445. The van der Waals surface area contributed by atoms with E-state index in [4.69, 9.17) is 15.3 Å². The highest BCUT2D eigenvalue weighted by atomic mass is 16.6. The molecule has 5 nitrogen and oxygen atoms in total. The van der Waals surface area contributed by atoms with Crippen LogP contribution >= 0.6 is 0 Å². The van der Waals surface area contributed by atoms with E-state index >= 15 is 0 Å². The lowest BCUT2D eigenvalue weighted by Crippen LogP contribution is -2.46. The van der Waals surface area contributed by atoms with Crippen LogP contribution in [0.3, 0.4) is 0 Å². The van der Waals surface area contributed by atoms with E-state index in [-0.39, 0.29) is 6.61 Å². The van der Waals surface area contributed by atoms with Crippen LogP contribution in [0.2, 0.25) is 0 Å². The first kappa shape index (κ1) is 10.9. The molecule has 0 saturated heterocycles. The monoisotopic (exact) mass is 244 g/mol. The van der Waals surface area contributed by atoms with Gasteiger partial charge >= 0.3 is 0 Å². The highest BCUT2D eigenvalue weighted by molar-refractivity contribution is 5.87. The van der Waals surface area contributed by atoms with Gasteiger partial charge in [0.05, 0.1) is 0 Å². The Morgan fingerprint density at radius 1 is 1.22 bits per heavy atom. The second kappa shape index (κ2) is 4.19. The summed E-state index contributed by atoms with van der Waals surface area (Å²) >= 11 is 0. The van der Waals surface area contributed by atoms with Crippen LogP contribution in [0.5, 0.6) is 11.5 Å². The van der Waals surface area contributed by atoms with Gasteiger partial charge in [0.15, 0.2) is 11.5 Å². The van der Waals surface area contributed by atoms with Crippen LogP contribution in [0.25, 0.3) is 10.8 Å². The third-order valence-electron chi connectivity index (χ3n) is 2.91.